The van der Waals surface area contributed by atoms with Crippen LogP contribution in [0.2, 0.25) is 0 Å². The zero-order valence-electron chi connectivity index (χ0n) is 16.6. The van der Waals surface area contributed by atoms with Gasteiger partial charge in [0.25, 0.3) is 5.69 Å². The molecule has 1 aromatic heterocycles. The Hall–Kier alpha value is -3.06. The number of aromatic nitrogens is 1. The molecule has 0 aliphatic heterocycles. The quantitative estimate of drug-likeness (QED) is 0.439. The number of ether oxygens (including phenoxy) is 1. The van der Waals surface area contributed by atoms with Gasteiger partial charge in [0.05, 0.1) is 23.8 Å². The van der Waals surface area contributed by atoms with Crippen LogP contribution in [-0.2, 0) is 12.8 Å². The molecule has 4 rings (SSSR count). The highest BCUT2D eigenvalue weighted by Crippen LogP contribution is 2.34. The van der Waals surface area contributed by atoms with E-state index in [0.717, 1.165) is 42.1 Å². The number of aromatic hydroxyl groups is 1. The summed E-state index contributed by atoms with van der Waals surface area (Å²) >= 11 is 0. The van der Waals surface area contributed by atoms with Gasteiger partial charge in [-0.25, -0.2) is 0 Å². The van der Waals surface area contributed by atoms with Crippen molar-refractivity contribution in [3.8, 4) is 11.5 Å². The van der Waals surface area contributed by atoms with Gasteiger partial charge in [-0.15, -0.1) is 0 Å². The molecule has 3 aromatic rings. The van der Waals surface area contributed by atoms with Crippen LogP contribution in [0.3, 0.4) is 0 Å². The van der Waals surface area contributed by atoms with Gasteiger partial charge in [0.15, 0.2) is 11.5 Å². The largest absolute Gasteiger partial charge is 0.504 e. The zero-order chi connectivity index (χ0) is 20.5. The van der Waals surface area contributed by atoms with Crippen molar-refractivity contribution in [1.29, 1.82) is 0 Å². The van der Waals surface area contributed by atoms with Crippen LogP contribution >= 0.6 is 0 Å². The number of non-ortho nitro benzene ring substituents is 1. The van der Waals surface area contributed by atoms with E-state index in [2.05, 4.69) is 17.2 Å². The van der Waals surface area contributed by atoms with Crippen molar-refractivity contribution in [1.82, 2.24) is 4.98 Å². The van der Waals surface area contributed by atoms with E-state index in [1.165, 1.54) is 11.3 Å². The molecule has 0 fully saturated rings. The number of benzene rings is 2. The number of nitro groups is 1. The molecule has 0 spiro atoms. The van der Waals surface area contributed by atoms with Crippen molar-refractivity contribution >= 4 is 16.6 Å². The fourth-order valence-electron chi connectivity index (χ4n) is 4.48. The predicted octanol–water partition coefficient (Wildman–Crippen LogP) is 3.36. The maximum Gasteiger partial charge on any atom is 0.270 e. The van der Waals surface area contributed by atoms with Gasteiger partial charge in [0, 0.05) is 35.9 Å². The van der Waals surface area contributed by atoms with Crippen LogP contribution in [-0.4, -0.2) is 28.2 Å². The topological polar surface area (TPSA) is 105 Å². The highest BCUT2D eigenvalue weighted by atomic mass is 16.6. The van der Waals surface area contributed by atoms with E-state index in [-0.39, 0.29) is 16.4 Å². The van der Waals surface area contributed by atoms with Crippen LogP contribution in [0.5, 0.6) is 11.5 Å². The Morgan fingerprint density at radius 1 is 1.34 bits per heavy atom. The van der Waals surface area contributed by atoms with Crippen molar-refractivity contribution in [2.75, 3.05) is 7.11 Å². The number of nitrogens with one attached hydrogen (secondary N) is 1. The molecule has 0 saturated carbocycles. The monoisotopic (exact) mass is 396 g/mol. The number of fused-ring (bicyclic) bond motifs is 3. The lowest BCUT2D eigenvalue weighted by Crippen LogP contribution is -2.90. The van der Waals surface area contributed by atoms with E-state index in [9.17, 15) is 15.2 Å². The average molecular weight is 396 g/mol. The fraction of sp³-hybridized carbons (Fsp3) is 0.364. The van der Waals surface area contributed by atoms with E-state index in [4.69, 9.17) is 4.74 Å². The summed E-state index contributed by atoms with van der Waals surface area (Å²) in [6, 6.07) is 11.2. The lowest BCUT2D eigenvalue weighted by atomic mass is 9.91. The van der Waals surface area contributed by atoms with Crippen molar-refractivity contribution in [3.63, 3.8) is 0 Å². The van der Waals surface area contributed by atoms with Crippen molar-refractivity contribution < 1.29 is 20.1 Å². The lowest BCUT2D eigenvalue weighted by Gasteiger charge is -2.24. The second kappa shape index (κ2) is 7.75. The SMILES string of the molecule is COc1cc(C[C@H](C)[NH2+][C@@H]2CCCc3c2[nH]c2ccc([N+](=O)[O-])cc32)ccc1O. The molecule has 2 aromatic carbocycles. The number of phenols is 1. The van der Waals surface area contributed by atoms with Gasteiger partial charge in [-0.2, -0.15) is 0 Å². The molecule has 7 nitrogen and oxygen atoms in total. The highest BCUT2D eigenvalue weighted by Gasteiger charge is 2.29. The number of nitro benzene ring substituents is 1. The Balaban J connectivity index is 1.55. The Labute approximate surface area is 168 Å². The van der Waals surface area contributed by atoms with Gasteiger partial charge >= 0.3 is 0 Å². The Bertz CT molecular complexity index is 1060. The summed E-state index contributed by atoms with van der Waals surface area (Å²) in [5.74, 6) is 0.642. The third-order valence-corrected chi connectivity index (χ3v) is 5.81. The van der Waals surface area contributed by atoms with E-state index >= 15 is 0 Å². The number of hydrogen-bond acceptors (Lipinski definition) is 4. The highest BCUT2D eigenvalue weighted by molar-refractivity contribution is 5.87. The molecular formula is C22H26N3O4+. The summed E-state index contributed by atoms with van der Waals surface area (Å²) in [4.78, 5) is 14.3. The van der Waals surface area contributed by atoms with Crippen LogP contribution in [0, 0.1) is 10.1 Å². The minimum absolute atomic E-state index is 0.139. The van der Waals surface area contributed by atoms with Gasteiger partial charge in [-0.1, -0.05) is 6.07 Å². The molecule has 152 valence electrons. The first-order chi connectivity index (χ1) is 14.0. The standard InChI is InChI=1S/C22H25N3O4/c1-13(10-14-6-9-20(26)21(11-14)29-2)23-19-5-3-4-16-17-12-15(25(27)28)7-8-18(17)24-22(16)19/h6-9,11-13,19,23-24,26H,3-5,10H2,1-2H3/p+1/t13-,19+/m0/s1. The summed E-state index contributed by atoms with van der Waals surface area (Å²) in [7, 11) is 1.55. The van der Waals surface area contributed by atoms with Crippen LogP contribution in [0.15, 0.2) is 36.4 Å². The minimum atomic E-state index is -0.334. The molecule has 0 unspecified atom stereocenters. The number of quaternary nitrogens is 1. The van der Waals surface area contributed by atoms with Crippen molar-refractivity contribution in [2.45, 2.75) is 44.7 Å². The van der Waals surface area contributed by atoms with E-state index < -0.39 is 0 Å². The minimum Gasteiger partial charge on any atom is -0.504 e. The molecule has 1 heterocycles. The van der Waals surface area contributed by atoms with Crippen molar-refractivity contribution in [2.24, 2.45) is 0 Å². The number of H-pyrrole nitrogens is 1. The summed E-state index contributed by atoms with van der Waals surface area (Å²) in [5.41, 5.74) is 4.64. The number of aryl methyl sites for hydroxylation is 1. The number of hydrogen-bond donors (Lipinski definition) is 3. The summed E-state index contributed by atoms with van der Waals surface area (Å²) in [5, 5.41) is 24.3. The Kier molecular flexibility index (Phi) is 5.15. The van der Waals surface area contributed by atoms with Gasteiger partial charge < -0.3 is 20.1 Å². The van der Waals surface area contributed by atoms with Crippen molar-refractivity contribution in [3.05, 3.63) is 63.3 Å². The van der Waals surface area contributed by atoms with Gasteiger partial charge in [0.2, 0.25) is 0 Å². The number of phenolic OH excluding ortho intramolecular Hbond substituents is 1. The smallest absolute Gasteiger partial charge is 0.270 e. The molecule has 0 radical (unpaired) electrons. The molecule has 7 heteroatoms. The van der Waals surface area contributed by atoms with Gasteiger partial charge in [-0.3, -0.25) is 10.1 Å². The molecular weight excluding hydrogens is 370 g/mol. The first-order valence-electron chi connectivity index (χ1n) is 9.96. The Morgan fingerprint density at radius 2 is 2.17 bits per heavy atom. The zero-order valence-corrected chi connectivity index (χ0v) is 16.6. The van der Waals surface area contributed by atoms with Gasteiger partial charge in [0.1, 0.15) is 6.04 Å². The van der Waals surface area contributed by atoms with Crippen LogP contribution in [0.4, 0.5) is 5.69 Å². The molecule has 0 bridgehead atoms. The van der Waals surface area contributed by atoms with E-state index in [1.807, 2.05) is 18.2 Å². The normalized spacial score (nSPS) is 17.1. The molecule has 0 amide bonds. The lowest BCUT2D eigenvalue weighted by molar-refractivity contribution is -0.726. The van der Waals surface area contributed by atoms with E-state index in [1.54, 1.807) is 25.3 Å². The van der Waals surface area contributed by atoms with E-state index in [0.29, 0.717) is 17.8 Å². The summed E-state index contributed by atoms with van der Waals surface area (Å²) in [6.07, 6.45) is 3.95. The maximum absolute atomic E-state index is 11.1. The maximum atomic E-state index is 11.1. The molecule has 0 saturated heterocycles. The number of nitrogens with zero attached hydrogens (tertiary/aromatic N) is 1. The number of methoxy groups -OCH3 is 1. The van der Waals surface area contributed by atoms with Gasteiger partial charge in [-0.05, 0) is 49.1 Å². The fourth-order valence-corrected chi connectivity index (χ4v) is 4.48. The number of rotatable bonds is 6. The third-order valence-electron chi connectivity index (χ3n) is 5.81. The first kappa shape index (κ1) is 19.3. The first-order valence-corrected chi connectivity index (χ1v) is 9.96. The van der Waals surface area contributed by atoms with Crippen LogP contribution < -0.4 is 10.1 Å². The van der Waals surface area contributed by atoms with Crippen LogP contribution in [0.25, 0.3) is 10.9 Å². The number of nitrogens with two attached hydrogens (primary N) is 1. The molecule has 2 atom stereocenters. The molecule has 1 aliphatic rings. The average Bonchev–Trinajstić information content (AvgIpc) is 3.08. The van der Waals surface area contributed by atoms with Crippen LogP contribution in [0.1, 0.15) is 42.6 Å². The predicted molar refractivity (Wildman–Crippen MR) is 110 cm³/mol. The third kappa shape index (κ3) is 3.78. The summed E-state index contributed by atoms with van der Waals surface area (Å²) < 4.78 is 5.21. The second-order valence-electron chi connectivity index (χ2n) is 7.88. The second-order valence-corrected chi connectivity index (χ2v) is 7.88. The molecule has 4 N–H and O–H groups in total. The number of aromatic amines is 1. The molecule has 1 aliphatic carbocycles. The molecule has 29 heavy (non-hydrogen) atoms. The summed E-state index contributed by atoms with van der Waals surface area (Å²) in [6.45, 7) is 2.20. The Morgan fingerprint density at radius 3 is 2.93 bits per heavy atom.